The summed E-state index contributed by atoms with van der Waals surface area (Å²) in [5, 5.41) is 0. The predicted molar refractivity (Wildman–Crippen MR) is 115 cm³/mol. The number of para-hydroxylation sites is 1. The number of rotatable bonds is 6. The molecule has 1 heterocycles. The van der Waals surface area contributed by atoms with Crippen LogP contribution in [0.25, 0.3) is 0 Å². The van der Waals surface area contributed by atoms with E-state index >= 15 is 0 Å². The van der Waals surface area contributed by atoms with Gasteiger partial charge in [-0.2, -0.15) is 0 Å². The van der Waals surface area contributed by atoms with Crippen LogP contribution in [0, 0.1) is 0 Å². The molecular formula is C20H19N2O6PS2. The standard InChI is InChI=1S/C20H19N2O6PS2/c23-29(28-18-10-4-1-5-11-18)21(30(24,25)19-12-6-2-7-13-19)16-17-22(29)31(26,27)20-14-8-3-9-15-20/h1-15H,16-17H2. The zero-order valence-corrected chi connectivity index (χ0v) is 18.7. The maximum atomic E-state index is 14.2. The summed E-state index contributed by atoms with van der Waals surface area (Å²) in [5.74, 6) is 0.0919. The molecule has 0 bridgehead atoms. The van der Waals surface area contributed by atoms with Gasteiger partial charge in [0, 0.05) is 13.1 Å². The molecule has 3 aromatic rings. The molecule has 0 amide bonds. The summed E-state index contributed by atoms with van der Waals surface area (Å²) in [4.78, 5) is -0.211. The van der Waals surface area contributed by atoms with Gasteiger partial charge in [-0.15, -0.1) is 0 Å². The van der Waals surface area contributed by atoms with E-state index in [2.05, 4.69) is 0 Å². The lowest BCUT2D eigenvalue weighted by atomic mass is 10.3. The molecule has 0 spiro atoms. The Hall–Kier alpha value is -2.49. The van der Waals surface area contributed by atoms with Crippen LogP contribution < -0.4 is 4.52 Å². The van der Waals surface area contributed by atoms with Crippen LogP contribution in [0.15, 0.2) is 101 Å². The molecule has 0 aromatic heterocycles. The quantitative estimate of drug-likeness (QED) is 0.502. The normalized spacial score (nSPS) is 17.4. The first-order valence-electron chi connectivity index (χ1n) is 9.27. The molecule has 1 aliphatic heterocycles. The molecule has 0 atom stereocenters. The minimum atomic E-state index is -4.60. The smallest absolute Gasteiger partial charge is 0.421 e. The number of hydrogen-bond acceptors (Lipinski definition) is 6. The van der Waals surface area contributed by atoms with Gasteiger partial charge in [0.05, 0.1) is 9.79 Å². The Morgan fingerprint density at radius 2 is 0.968 bits per heavy atom. The summed E-state index contributed by atoms with van der Waals surface area (Å²) >= 11 is 0. The second kappa shape index (κ2) is 8.22. The SMILES string of the molecule is O=P1(Oc2ccccc2)N(S(=O)(=O)c2ccccc2)CCN1S(=O)(=O)c1ccccc1. The molecule has 8 nitrogen and oxygen atoms in total. The van der Waals surface area contributed by atoms with Gasteiger partial charge in [0.25, 0.3) is 20.0 Å². The molecule has 1 aliphatic rings. The Kier molecular flexibility index (Phi) is 5.76. The average Bonchev–Trinajstić information content (AvgIpc) is 3.13. The Morgan fingerprint density at radius 1 is 0.613 bits per heavy atom. The first-order valence-corrected chi connectivity index (χ1v) is 13.7. The first kappa shape index (κ1) is 21.7. The number of sulfonamides is 2. The van der Waals surface area contributed by atoms with Crippen LogP contribution in [0.2, 0.25) is 0 Å². The fourth-order valence-electron chi connectivity index (χ4n) is 3.19. The molecule has 3 aromatic carbocycles. The molecule has 0 unspecified atom stereocenters. The minimum Gasteiger partial charge on any atom is -0.421 e. The summed E-state index contributed by atoms with van der Waals surface area (Å²) in [5.41, 5.74) is 0. The van der Waals surface area contributed by atoms with E-state index in [0.717, 1.165) is 0 Å². The van der Waals surface area contributed by atoms with E-state index in [4.69, 9.17) is 4.52 Å². The van der Waals surface area contributed by atoms with Gasteiger partial charge in [-0.05, 0) is 36.4 Å². The zero-order valence-electron chi connectivity index (χ0n) is 16.2. The van der Waals surface area contributed by atoms with Crippen molar-refractivity contribution < 1.29 is 25.9 Å². The van der Waals surface area contributed by atoms with E-state index in [1.807, 2.05) is 0 Å². The van der Waals surface area contributed by atoms with E-state index in [9.17, 15) is 21.4 Å². The summed E-state index contributed by atoms with van der Waals surface area (Å²) in [6, 6.07) is 22.8. The molecule has 0 radical (unpaired) electrons. The van der Waals surface area contributed by atoms with Crippen LogP contribution in [-0.2, 0) is 24.6 Å². The number of benzene rings is 3. The van der Waals surface area contributed by atoms with Gasteiger partial charge in [0.1, 0.15) is 5.75 Å². The predicted octanol–water partition coefficient (Wildman–Crippen LogP) is 3.57. The summed E-state index contributed by atoms with van der Waals surface area (Å²) in [6.45, 7) is -0.624. The van der Waals surface area contributed by atoms with Gasteiger partial charge in [-0.25, -0.2) is 21.4 Å². The highest BCUT2D eigenvalue weighted by Crippen LogP contribution is 2.61. The van der Waals surface area contributed by atoms with Gasteiger partial charge in [-0.1, -0.05) is 62.7 Å². The van der Waals surface area contributed by atoms with Crippen LogP contribution in [-0.4, -0.2) is 38.1 Å². The Labute approximate surface area is 181 Å². The van der Waals surface area contributed by atoms with Crippen molar-refractivity contribution in [3.05, 3.63) is 91.0 Å². The van der Waals surface area contributed by atoms with E-state index in [0.29, 0.717) is 8.15 Å². The molecule has 11 heteroatoms. The van der Waals surface area contributed by atoms with Crippen LogP contribution >= 0.6 is 7.67 Å². The fraction of sp³-hybridized carbons (Fsp3) is 0.100. The van der Waals surface area contributed by atoms with Crippen molar-refractivity contribution in [1.82, 2.24) is 8.15 Å². The molecular weight excluding hydrogens is 459 g/mol. The third-order valence-corrected chi connectivity index (χ3v) is 12.4. The van der Waals surface area contributed by atoms with E-state index < -0.39 is 27.7 Å². The molecule has 1 saturated heterocycles. The van der Waals surface area contributed by atoms with Gasteiger partial charge < -0.3 is 4.52 Å². The summed E-state index contributed by atoms with van der Waals surface area (Å²) in [6.07, 6.45) is 0. The van der Waals surface area contributed by atoms with E-state index in [1.54, 1.807) is 30.3 Å². The van der Waals surface area contributed by atoms with E-state index in [-0.39, 0.29) is 28.6 Å². The summed E-state index contributed by atoms with van der Waals surface area (Å²) in [7, 11) is -13.2. The molecule has 1 fully saturated rings. The third-order valence-electron chi connectivity index (χ3n) is 4.65. The molecule has 162 valence electrons. The lowest BCUT2D eigenvalue weighted by Crippen LogP contribution is -2.31. The van der Waals surface area contributed by atoms with Gasteiger partial charge >= 0.3 is 7.67 Å². The highest BCUT2D eigenvalue weighted by atomic mass is 32.2. The highest BCUT2D eigenvalue weighted by molar-refractivity contribution is 7.99. The Bertz CT molecular complexity index is 1240. The minimum absolute atomic E-state index is 0.0919. The van der Waals surface area contributed by atoms with Crippen molar-refractivity contribution in [1.29, 1.82) is 0 Å². The largest absolute Gasteiger partial charge is 0.423 e. The number of nitrogens with zero attached hydrogens (tertiary/aromatic N) is 2. The topological polar surface area (TPSA) is 101 Å². The maximum Gasteiger partial charge on any atom is 0.423 e. The molecule has 0 aliphatic carbocycles. The van der Waals surface area contributed by atoms with E-state index in [1.165, 1.54) is 60.7 Å². The van der Waals surface area contributed by atoms with Crippen molar-refractivity contribution in [2.75, 3.05) is 13.1 Å². The van der Waals surface area contributed by atoms with Crippen molar-refractivity contribution in [2.45, 2.75) is 9.79 Å². The Morgan fingerprint density at radius 3 is 1.35 bits per heavy atom. The third kappa shape index (κ3) is 3.93. The zero-order chi connectivity index (χ0) is 22.1. The van der Waals surface area contributed by atoms with Gasteiger partial charge in [-0.3, -0.25) is 0 Å². The molecule has 4 rings (SSSR count). The molecule has 0 saturated carbocycles. The van der Waals surface area contributed by atoms with Crippen molar-refractivity contribution in [3.8, 4) is 5.75 Å². The number of hydrogen-bond donors (Lipinski definition) is 0. The monoisotopic (exact) mass is 478 g/mol. The van der Waals surface area contributed by atoms with Crippen LogP contribution in [0.5, 0.6) is 5.75 Å². The van der Waals surface area contributed by atoms with Gasteiger partial charge in [0.15, 0.2) is 0 Å². The summed E-state index contributed by atoms with van der Waals surface area (Å²) < 4.78 is 74.3. The fourth-order valence-corrected chi connectivity index (χ4v) is 10.4. The van der Waals surface area contributed by atoms with Crippen molar-refractivity contribution in [2.24, 2.45) is 0 Å². The van der Waals surface area contributed by atoms with Crippen molar-refractivity contribution in [3.63, 3.8) is 0 Å². The van der Waals surface area contributed by atoms with Gasteiger partial charge in [0.2, 0.25) is 0 Å². The van der Waals surface area contributed by atoms with Crippen molar-refractivity contribution >= 4 is 27.7 Å². The highest BCUT2D eigenvalue weighted by Gasteiger charge is 2.57. The van der Waals surface area contributed by atoms with Crippen LogP contribution in [0.4, 0.5) is 0 Å². The second-order valence-electron chi connectivity index (χ2n) is 6.62. The second-order valence-corrected chi connectivity index (χ2v) is 13.0. The first-order chi connectivity index (χ1) is 14.8. The van der Waals surface area contributed by atoms with Crippen LogP contribution in [0.1, 0.15) is 0 Å². The lowest BCUT2D eigenvalue weighted by molar-refractivity contribution is 0.416. The lowest BCUT2D eigenvalue weighted by Gasteiger charge is -2.28. The Balaban J connectivity index is 1.85. The average molecular weight is 478 g/mol. The molecule has 0 N–H and O–H groups in total. The molecule has 31 heavy (non-hydrogen) atoms. The maximum absolute atomic E-state index is 14.2. The van der Waals surface area contributed by atoms with Crippen LogP contribution in [0.3, 0.4) is 0 Å².